The Bertz CT molecular complexity index is 414. The maximum atomic E-state index is 12.3. The van der Waals surface area contributed by atoms with Crippen LogP contribution in [0.15, 0.2) is 18.2 Å². The third-order valence-electron chi connectivity index (χ3n) is 3.12. The van der Waals surface area contributed by atoms with Gasteiger partial charge in [0, 0.05) is 30.8 Å². The highest BCUT2D eigenvalue weighted by Gasteiger charge is 2.20. The van der Waals surface area contributed by atoms with E-state index in [1.807, 2.05) is 4.90 Å². The van der Waals surface area contributed by atoms with Gasteiger partial charge in [0.1, 0.15) is 0 Å². The molecule has 1 aliphatic heterocycles. The van der Waals surface area contributed by atoms with Crippen molar-refractivity contribution < 1.29 is 4.79 Å². The van der Waals surface area contributed by atoms with E-state index in [2.05, 4.69) is 5.32 Å². The predicted molar refractivity (Wildman–Crippen MR) is 70.8 cm³/mol. The van der Waals surface area contributed by atoms with Crippen molar-refractivity contribution in [1.29, 1.82) is 0 Å². The van der Waals surface area contributed by atoms with Crippen LogP contribution in [0.25, 0.3) is 0 Å². The van der Waals surface area contributed by atoms with E-state index in [-0.39, 0.29) is 5.91 Å². The largest absolute Gasteiger partial charge is 0.387 e. The number of piperidine rings is 1. The Morgan fingerprint density at radius 1 is 1.29 bits per heavy atom. The lowest BCUT2D eigenvalue weighted by molar-refractivity contribution is 0.0725. The number of carbonyl (C=O) groups is 1. The van der Waals surface area contributed by atoms with E-state index in [9.17, 15) is 4.79 Å². The van der Waals surface area contributed by atoms with Gasteiger partial charge in [-0.3, -0.25) is 4.79 Å². The van der Waals surface area contributed by atoms with Gasteiger partial charge in [0.25, 0.3) is 5.91 Å². The van der Waals surface area contributed by atoms with Gasteiger partial charge in [-0.25, -0.2) is 0 Å². The number of hydrogen-bond donors (Lipinski definition) is 1. The van der Waals surface area contributed by atoms with Gasteiger partial charge in [0.05, 0.1) is 5.56 Å². The number of amides is 1. The summed E-state index contributed by atoms with van der Waals surface area (Å²) in [5.41, 5.74) is 1.51. The molecule has 4 heteroatoms. The van der Waals surface area contributed by atoms with Crippen molar-refractivity contribution >= 4 is 23.2 Å². The van der Waals surface area contributed by atoms with Gasteiger partial charge in [-0.2, -0.15) is 0 Å². The van der Waals surface area contributed by atoms with Gasteiger partial charge in [0.2, 0.25) is 0 Å². The van der Waals surface area contributed by atoms with Crippen molar-refractivity contribution in [1.82, 2.24) is 4.90 Å². The molecule has 1 aromatic rings. The molecule has 0 radical (unpaired) electrons. The molecule has 0 spiro atoms. The molecular formula is C13H17ClN2O. The van der Waals surface area contributed by atoms with E-state index in [4.69, 9.17) is 11.6 Å². The van der Waals surface area contributed by atoms with Crippen LogP contribution in [0.4, 0.5) is 5.69 Å². The van der Waals surface area contributed by atoms with Gasteiger partial charge in [-0.05, 0) is 37.5 Å². The van der Waals surface area contributed by atoms with Crippen LogP contribution >= 0.6 is 11.6 Å². The summed E-state index contributed by atoms with van der Waals surface area (Å²) in [5, 5.41) is 3.67. The second kappa shape index (κ2) is 5.41. The van der Waals surface area contributed by atoms with Crippen LogP contribution in [0, 0.1) is 0 Å². The number of rotatable bonds is 2. The smallest absolute Gasteiger partial charge is 0.255 e. The Morgan fingerprint density at radius 3 is 2.65 bits per heavy atom. The van der Waals surface area contributed by atoms with E-state index in [0.29, 0.717) is 10.6 Å². The fourth-order valence-corrected chi connectivity index (χ4v) is 2.35. The molecule has 92 valence electrons. The van der Waals surface area contributed by atoms with Crippen LogP contribution < -0.4 is 5.32 Å². The van der Waals surface area contributed by atoms with Crippen LogP contribution in [-0.4, -0.2) is 30.9 Å². The van der Waals surface area contributed by atoms with Crippen LogP contribution in [0.3, 0.4) is 0 Å². The van der Waals surface area contributed by atoms with Crippen LogP contribution in [0.5, 0.6) is 0 Å². The van der Waals surface area contributed by atoms with Crippen molar-refractivity contribution in [2.24, 2.45) is 0 Å². The Balaban J connectivity index is 2.23. The average molecular weight is 253 g/mol. The number of halogens is 1. The topological polar surface area (TPSA) is 32.3 Å². The van der Waals surface area contributed by atoms with Crippen molar-refractivity contribution in [3.05, 3.63) is 28.8 Å². The summed E-state index contributed by atoms with van der Waals surface area (Å²) < 4.78 is 0. The van der Waals surface area contributed by atoms with Crippen LogP contribution in [-0.2, 0) is 0 Å². The third kappa shape index (κ3) is 2.72. The van der Waals surface area contributed by atoms with E-state index in [1.165, 1.54) is 6.42 Å². The van der Waals surface area contributed by atoms with Gasteiger partial charge < -0.3 is 10.2 Å². The predicted octanol–water partition coefficient (Wildman–Crippen LogP) is 3.01. The second-order valence-electron chi connectivity index (χ2n) is 4.29. The van der Waals surface area contributed by atoms with Gasteiger partial charge in [-0.1, -0.05) is 11.6 Å². The van der Waals surface area contributed by atoms with Crippen LogP contribution in [0.2, 0.25) is 5.02 Å². The molecule has 1 aliphatic rings. The zero-order chi connectivity index (χ0) is 12.3. The SMILES string of the molecule is CNc1cc(Cl)ccc1C(=O)N1CCCCC1. The molecule has 1 heterocycles. The summed E-state index contributed by atoms with van der Waals surface area (Å²) in [6, 6.07) is 5.35. The molecule has 0 atom stereocenters. The quantitative estimate of drug-likeness (QED) is 0.878. The van der Waals surface area contributed by atoms with Crippen molar-refractivity contribution in [2.75, 3.05) is 25.5 Å². The molecule has 3 nitrogen and oxygen atoms in total. The van der Waals surface area contributed by atoms with E-state index in [1.54, 1.807) is 25.2 Å². The molecular weight excluding hydrogens is 236 g/mol. The zero-order valence-electron chi connectivity index (χ0n) is 10.0. The summed E-state index contributed by atoms with van der Waals surface area (Å²) >= 11 is 5.92. The molecule has 1 fully saturated rings. The highest BCUT2D eigenvalue weighted by molar-refractivity contribution is 6.31. The monoisotopic (exact) mass is 252 g/mol. The molecule has 0 saturated carbocycles. The molecule has 1 aromatic carbocycles. The molecule has 17 heavy (non-hydrogen) atoms. The highest BCUT2D eigenvalue weighted by atomic mass is 35.5. The van der Waals surface area contributed by atoms with Crippen molar-refractivity contribution in [3.8, 4) is 0 Å². The number of nitrogens with zero attached hydrogens (tertiary/aromatic N) is 1. The zero-order valence-corrected chi connectivity index (χ0v) is 10.8. The lowest BCUT2D eigenvalue weighted by Crippen LogP contribution is -2.35. The first-order valence-corrected chi connectivity index (χ1v) is 6.37. The molecule has 1 N–H and O–H groups in total. The fraction of sp³-hybridized carbons (Fsp3) is 0.462. The van der Waals surface area contributed by atoms with Crippen LogP contribution in [0.1, 0.15) is 29.6 Å². The molecule has 0 aromatic heterocycles. The van der Waals surface area contributed by atoms with Crippen molar-refractivity contribution in [3.63, 3.8) is 0 Å². The lowest BCUT2D eigenvalue weighted by atomic mass is 10.1. The minimum Gasteiger partial charge on any atom is -0.387 e. The Kier molecular flexibility index (Phi) is 3.89. The Morgan fingerprint density at radius 2 is 2.00 bits per heavy atom. The average Bonchev–Trinajstić information content (AvgIpc) is 2.39. The van der Waals surface area contributed by atoms with E-state index < -0.39 is 0 Å². The number of benzene rings is 1. The first kappa shape index (κ1) is 12.2. The van der Waals surface area contributed by atoms with Gasteiger partial charge in [-0.15, -0.1) is 0 Å². The summed E-state index contributed by atoms with van der Waals surface area (Å²) in [7, 11) is 1.80. The van der Waals surface area contributed by atoms with E-state index in [0.717, 1.165) is 31.6 Å². The second-order valence-corrected chi connectivity index (χ2v) is 4.73. The molecule has 0 bridgehead atoms. The minimum absolute atomic E-state index is 0.103. The fourth-order valence-electron chi connectivity index (χ4n) is 2.18. The first-order chi connectivity index (χ1) is 8.22. The number of likely N-dealkylation sites (tertiary alicyclic amines) is 1. The first-order valence-electron chi connectivity index (χ1n) is 5.99. The number of carbonyl (C=O) groups excluding carboxylic acids is 1. The minimum atomic E-state index is 0.103. The third-order valence-corrected chi connectivity index (χ3v) is 3.36. The number of nitrogens with one attached hydrogen (secondary N) is 1. The maximum absolute atomic E-state index is 12.3. The summed E-state index contributed by atoms with van der Waals surface area (Å²) in [4.78, 5) is 14.3. The van der Waals surface area contributed by atoms with E-state index >= 15 is 0 Å². The Labute approximate surface area is 107 Å². The van der Waals surface area contributed by atoms with Gasteiger partial charge >= 0.3 is 0 Å². The molecule has 1 saturated heterocycles. The Hall–Kier alpha value is -1.22. The lowest BCUT2D eigenvalue weighted by Gasteiger charge is -2.27. The van der Waals surface area contributed by atoms with Crippen molar-refractivity contribution in [2.45, 2.75) is 19.3 Å². The highest BCUT2D eigenvalue weighted by Crippen LogP contribution is 2.23. The number of hydrogen-bond acceptors (Lipinski definition) is 2. The molecule has 2 rings (SSSR count). The molecule has 1 amide bonds. The maximum Gasteiger partial charge on any atom is 0.255 e. The standard InChI is InChI=1S/C13H17ClN2O/c1-15-12-9-10(14)5-6-11(12)13(17)16-7-3-2-4-8-16/h5-6,9,15H,2-4,7-8H2,1H3. The summed E-state index contributed by atoms with van der Waals surface area (Å²) in [5.74, 6) is 0.103. The summed E-state index contributed by atoms with van der Waals surface area (Å²) in [6.45, 7) is 1.73. The van der Waals surface area contributed by atoms with Gasteiger partial charge in [0.15, 0.2) is 0 Å². The summed E-state index contributed by atoms with van der Waals surface area (Å²) in [6.07, 6.45) is 3.44. The number of anilines is 1. The normalized spacial score (nSPS) is 15.8. The molecule has 0 unspecified atom stereocenters. The molecule has 0 aliphatic carbocycles.